The first-order valence-electron chi connectivity index (χ1n) is 9.42. The number of hydrogen-bond donors (Lipinski definition) is 0. The molecule has 4 rings (SSSR count). The van der Waals surface area contributed by atoms with Crippen LogP contribution in [0.3, 0.4) is 0 Å². The van der Waals surface area contributed by atoms with E-state index in [9.17, 15) is 25.0 Å². The number of non-ortho nitro benzene ring substituents is 2. The number of thioether (sulfide) groups is 1. The second kappa shape index (κ2) is 8.56. The Morgan fingerprint density at radius 2 is 1.55 bits per heavy atom. The molecule has 31 heavy (non-hydrogen) atoms. The number of carbonyl (C=O) groups is 1. The molecule has 1 amide bonds. The molecule has 158 valence electrons. The van der Waals surface area contributed by atoms with Gasteiger partial charge in [-0.05, 0) is 35.5 Å². The van der Waals surface area contributed by atoms with E-state index >= 15 is 0 Å². The summed E-state index contributed by atoms with van der Waals surface area (Å²) in [6, 6.07) is 12.5. The first-order chi connectivity index (χ1) is 14.9. The molecule has 2 aromatic rings. The van der Waals surface area contributed by atoms with Crippen molar-refractivity contribution in [2.75, 3.05) is 31.1 Å². The molecule has 0 N–H and O–H groups in total. The van der Waals surface area contributed by atoms with Crippen LogP contribution in [0.2, 0.25) is 0 Å². The van der Waals surface area contributed by atoms with Crippen molar-refractivity contribution >= 4 is 46.0 Å². The molecule has 1 saturated heterocycles. The molecule has 2 heterocycles. The summed E-state index contributed by atoms with van der Waals surface area (Å²) >= 11 is 1.26. The van der Waals surface area contributed by atoms with Gasteiger partial charge in [-0.15, -0.1) is 0 Å². The van der Waals surface area contributed by atoms with Crippen LogP contribution < -0.4 is 4.90 Å². The molecule has 2 aliphatic heterocycles. The standard InChI is InChI=1S/C20H17N5O5S/c26-19-18(13-14-2-1-3-17(12-14)25(29)30)31-20(21-19)23-10-8-22(9-11-23)15-4-6-16(7-5-15)24(27)28/h1-7,12-13H,8-11H2/b18-13+. The smallest absolute Gasteiger partial charge is 0.286 e. The lowest BCUT2D eigenvalue weighted by Crippen LogP contribution is -2.47. The van der Waals surface area contributed by atoms with Gasteiger partial charge in [0.2, 0.25) is 0 Å². The Labute approximate surface area is 181 Å². The van der Waals surface area contributed by atoms with Crippen LogP contribution in [0.15, 0.2) is 58.4 Å². The van der Waals surface area contributed by atoms with Crippen molar-refractivity contribution in [3.8, 4) is 0 Å². The molecule has 0 atom stereocenters. The summed E-state index contributed by atoms with van der Waals surface area (Å²) in [5.41, 5.74) is 1.51. The van der Waals surface area contributed by atoms with E-state index < -0.39 is 9.85 Å². The molecule has 0 saturated carbocycles. The lowest BCUT2D eigenvalue weighted by atomic mass is 10.2. The lowest BCUT2D eigenvalue weighted by Gasteiger charge is -2.36. The minimum absolute atomic E-state index is 0.0340. The number of amides is 1. The SMILES string of the molecule is O=C1N=C(N2CCN(c3ccc([N+](=O)[O-])cc3)CC2)S/C1=C/c1cccc([N+](=O)[O-])c1. The first-order valence-corrected chi connectivity index (χ1v) is 10.2. The van der Waals surface area contributed by atoms with Crippen LogP contribution in [0.1, 0.15) is 5.56 Å². The third-order valence-electron chi connectivity index (χ3n) is 4.96. The van der Waals surface area contributed by atoms with Gasteiger partial charge in [0, 0.05) is 56.1 Å². The average molecular weight is 439 g/mol. The Balaban J connectivity index is 1.39. The number of carbonyl (C=O) groups excluding carboxylic acids is 1. The summed E-state index contributed by atoms with van der Waals surface area (Å²) in [5, 5.41) is 22.4. The Morgan fingerprint density at radius 1 is 0.903 bits per heavy atom. The van der Waals surface area contributed by atoms with E-state index in [4.69, 9.17) is 0 Å². The first kappa shape index (κ1) is 20.5. The topological polar surface area (TPSA) is 122 Å². The summed E-state index contributed by atoms with van der Waals surface area (Å²) < 4.78 is 0. The van der Waals surface area contributed by atoms with E-state index in [2.05, 4.69) is 9.89 Å². The summed E-state index contributed by atoms with van der Waals surface area (Å²) in [6.45, 7) is 2.69. The molecule has 0 aliphatic carbocycles. The predicted molar refractivity (Wildman–Crippen MR) is 118 cm³/mol. The highest BCUT2D eigenvalue weighted by atomic mass is 32.2. The molecule has 11 heteroatoms. The lowest BCUT2D eigenvalue weighted by molar-refractivity contribution is -0.385. The Bertz CT molecular complexity index is 1110. The molecule has 0 unspecified atom stereocenters. The molecule has 10 nitrogen and oxygen atoms in total. The minimum Gasteiger partial charge on any atom is -0.368 e. The number of anilines is 1. The largest absolute Gasteiger partial charge is 0.368 e. The van der Waals surface area contributed by atoms with Crippen molar-refractivity contribution in [3.63, 3.8) is 0 Å². The fourth-order valence-corrected chi connectivity index (χ4v) is 4.32. The van der Waals surface area contributed by atoms with Crippen molar-refractivity contribution in [1.82, 2.24) is 4.90 Å². The second-order valence-corrected chi connectivity index (χ2v) is 7.92. The van der Waals surface area contributed by atoms with Crippen molar-refractivity contribution in [1.29, 1.82) is 0 Å². The van der Waals surface area contributed by atoms with Gasteiger partial charge in [-0.1, -0.05) is 12.1 Å². The van der Waals surface area contributed by atoms with Gasteiger partial charge >= 0.3 is 0 Å². The fraction of sp³-hybridized carbons (Fsp3) is 0.200. The zero-order valence-electron chi connectivity index (χ0n) is 16.2. The van der Waals surface area contributed by atoms with Crippen molar-refractivity contribution < 1.29 is 14.6 Å². The van der Waals surface area contributed by atoms with E-state index in [0.29, 0.717) is 41.8 Å². The molecule has 2 aliphatic rings. The zero-order valence-corrected chi connectivity index (χ0v) is 17.0. The molecular formula is C20H17N5O5S. The number of nitrogens with zero attached hydrogens (tertiary/aromatic N) is 5. The highest BCUT2D eigenvalue weighted by molar-refractivity contribution is 8.18. The van der Waals surface area contributed by atoms with E-state index in [0.717, 1.165) is 5.69 Å². The van der Waals surface area contributed by atoms with Gasteiger partial charge in [0.1, 0.15) is 0 Å². The number of nitro benzene ring substituents is 2. The van der Waals surface area contributed by atoms with Crippen molar-refractivity contribution in [2.24, 2.45) is 4.99 Å². The quantitative estimate of drug-likeness (QED) is 0.404. The molecule has 0 spiro atoms. The number of aliphatic imine (C=N–C) groups is 1. The molecule has 2 aromatic carbocycles. The fourth-order valence-electron chi connectivity index (χ4n) is 3.35. The number of piperazine rings is 1. The van der Waals surface area contributed by atoms with E-state index in [1.807, 2.05) is 4.90 Å². The Hall–Kier alpha value is -3.73. The summed E-state index contributed by atoms with van der Waals surface area (Å²) in [7, 11) is 0. The molecule has 1 fully saturated rings. The second-order valence-electron chi connectivity index (χ2n) is 6.91. The number of benzene rings is 2. The summed E-state index contributed by atoms with van der Waals surface area (Å²) in [6.07, 6.45) is 1.61. The minimum atomic E-state index is -0.474. The van der Waals surface area contributed by atoms with Crippen LogP contribution >= 0.6 is 11.8 Å². The van der Waals surface area contributed by atoms with Gasteiger partial charge < -0.3 is 9.80 Å². The van der Waals surface area contributed by atoms with E-state index in [1.165, 1.54) is 36.0 Å². The normalized spacial score (nSPS) is 17.7. The van der Waals surface area contributed by atoms with E-state index in [1.54, 1.807) is 30.3 Å². The van der Waals surface area contributed by atoms with Crippen LogP contribution in [-0.4, -0.2) is 52.0 Å². The summed E-state index contributed by atoms with van der Waals surface area (Å²) in [5.74, 6) is -0.357. The van der Waals surface area contributed by atoms with Crippen molar-refractivity contribution in [2.45, 2.75) is 0 Å². The van der Waals surface area contributed by atoms with Gasteiger partial charge in [0.15, 0.2) is 5.17 Å². The van der Waals surface area contributed by atoms with Crippen molar-refractivity contribution in [3.05, 3.63) is 79.2 Å². The van der Waals surface area contributed by atoms with Gasteiger partial charge in [0.05, 0.1) is 14.8 Å². The molecule has 0 bridgehead atoms. The monoisotopic (exact) mass is 439 g/mol. The average Bonchev–Trinajstić information content (AvgIpc) is 3.14. The maximum Gasteiger partial charge on any atom is 0.286 e. The van der Waals surface area contributed by atoms with Gasteiger partial charge in [-0.3, -0.25) is 25.0 Å². The number of amidine groups is 1. The Morgan fingerprint density at radius 3 is 2.19 bits per heavy atom. The van der Waals surface area contributed by atoms with Crippen LogP contribution in [-0.2, 0) is 4.79 Å². The zero-order chi connectivity index (χ0) is 22.0. The highest BCUT2D eigenvalue weighted by Crippen LogP contribution is 2.31. The predicted octanol–water partition coefficient (Wildman–Crippen LogP) is 3.30. The number of rotatable bonds is 4. The van der Waals surface area contributed by atoms with E-state index in [-0.39, 0.29) is 17.3 Å². The third kappa shape index (κ3) is 4.56. The summed E-state index contributed by atoms with van der Waals surface area (Å²) in [4.78, 5) is 41.9. The van der Waals surface area contributed by atoms with Gasteiger partial charge in [0.25, 0.3) is 17.3 Å². The number of nitro groups is 2. The van der Waals surface area contributed by atoms with Crippen LogP contribution in [0.25, 0.3) is 6.08 Å². The van der Waals surface area contributed by atoms with Crippen LogP contribution in [0, 0.1) is 20.2 Å². The van der Waals surface area contributed by atoms with Crippen LogP contribution in [0.4, 0.5) is 17.1 Å². The maximum absolute atomic E-state index is 12.3. The number of hydrogen-bond acceptors (Lipinski definition) is 8. The van der Waals surface area contributed by atoms with Crippen LogP contribution in [0.5, 0.6) is 0 Å². The van der Waals surface area contributed by atoms with Gasteiger partial charge in [-0.2, -0.15) is 4.99 Å². The Kier molecular flexibility index (Phi) is 5.67. The molecular weight excluding hydrogens is 422 g/mol. The molecule has 0 aromatic heterocycles. The van der Waals surface area contributed by atoms with Gasteiger partial charge in [-0.25, -0.2) is 0 Å². The third-order valence-corrected chi connectivity index (χ3v) is 6.01. The highest BCUT2D eigenvalue weighted by Gasteiger charge is 2.28. The maximum atomic E-state index is 12.3. The molecule has 0 radical (unpaired) electrons.